The number of anilines is 1. The monoisotopic (exact) mass is 570 g/mol. The van der Waals surface area contributed by atoms with Gasteiger partial charge in [-0.25, -0.2) is 4.79 Å². The van der Waals surface area contributed by atoms with Gasteiger partial charge in [0.15, 0.2) is 6.61 Å². The lowest BCUT2D eigenvalue weighted by Crippen LogP contribution is -2.53. The third-order valence-corrected chi connectivity index (χ3v) is 5.98. The van der Waals surface area contributed by atoms with E-state index in [1.807, 2.05) is 0 Å². The Balaban J connectivity index is 1.78. The first kappa shape index (κ1) is 30.0. The van der Waals surface area contributed by atoms with Crippen molar-refractivity contribution < 1.29 is 37.0 Å². The van der Waals surface area contributed by atoms with Gasteiger partial charge in [-0.2, -0.15) is 13.2 Å². The SMILES string of the molecule is CC(C)(C)OC[C@H](NC(=O)N1CCN(C(=O)c2ccc(OCC(F)(F)F)cc2Cl)c2ccccc2C1)C(N)=O. The Labute approximate surface area is 229 Å². The van der Waals surface area contributed by atoms with E-state index in [0.29, 0.717) is 11.3 Å². The van der Waals surface area contributed by atoms with Crippen LogP contribution < -0.4 is 20.7 Å². The van der Waals surface area contributed by atoms with Crippen molar-refractivity contribution >= 4 is 35.1 Å². The second-order valence-electron chi connectivity index (χ2n) is 9.88. The van der Waals surface area contributed by atoms with Gasteiger partial charge < -0.3 is 30.3 Å². The molecular weight excluding hydrogens is 541 g/mol. The Bertz CT molecular complexity index is 1220. The van der Waals surface area contributed by atoms with Crippen LogP contribution in [0.1, 0.15) is 36.7 Å². The van der Waals surface area contributed by atoms with Crippen molar-refractivity contribution in [3.05, 3.63) is 58.6 Å². The minimum atomic E-state index is -4.52. The van der Waals surface area contributed by atoms with Gasteiger partial charge in [-0.05, 0) is 50.6 Å². The molecule has 1 heterocycles. The largest absolute Gasteiger partial charge is 0.484 e. The summed E-state index contributed by atoms with van der Waals surface area (Å²) in [5.41, 5.74) is 6.15. The van der Waals surface area contributed by atoms with Crippen LogP contribution in [0.25, 0.3) is 0 Å². The number of hydrogen-bond acceptors (Lipinski definition) is 5. The highest BCUT2D eigenvalue weighted by Gasteiger charge is 2.31. The number of urea groups is 1. The number of fused-ring (bicyclic) bond motifs is 1. The lowest BCUT2D eigenvalue weighted by molar-refractivity contribution is -0.153. The van der Waals surface area contributed by atoms with Crippen LogP contribution in [0.3, 0.4) is 0 Å². The third kappa shape index (κ3) is 8.49. The minimum Gasteiger partial charge on any atom is -0.484 e. The van der Waals surface area contributed by atoms with Gasteiger partial charge in [-0.1, -0.05) is 29.8 Å². The van der Waals surface area contributed by atoms with Gasteiger partial charge in [-0.15, -0.1) is 0 Å². The fourth-order valence-electron chi connectivity index (χ4n) is 3.76. The number of nitrogens with one attached hydrogen (secondary N) is 1. The normalized spacial score (nSPS) is 14.7. The number of primary amides is 1. The van der Waals surface area contributed by atoms with Crippen LogP contribution in [0, 0.1) is 0 Å². The smallest absolute Gasteiger partial charge is 0.422 e. The summed E-state index contributed by atoms with van der Waals surface area (Å²) in [5.74, 6) is -1.39. The lowest BCUT2D eigenvalue weighted by Gasteiger charge is -2.27. The summed E-state index contributed by atoms with van der Waals surface area (Å²) in [5, 5.41) is 2.52. The van der Waals surface area contributed by atoms with E-state index in [4.69, 9.17) is 26.8 Å². The average Bonchev–Trinajstić information content (AvgIpc) is 3.03. The quantitative estimate of drug-likeness (QED) is 0.520. The summed E-state index contributed by atoms with van der Waals surface area (Å²) in [6, 6.07) is 9.00. The molecule has 4 amide bonds. The van der Waals surface area contributed by atoms with Crippen molar-refractivity contribution in [2.24, 2.45) is 5.73 Å². The van der Waals surface area contributed by atoms with Gasteiger partial charge >= 0.3 is 12.2 Å². The first-order valence-corrected chi connectivity index (χ1v) is 12.4. The maximum atomic E-state index is 13.5. The molecule has 0 radical (unpaired) electrons. The molecule has 0 saturated heterocycles. The molecule has 0 bridgehead atoms. The van der Waals surface area contributed by atoms with Crippen LogP contribution in [-0.2, 0) is 16.1 Å². The van der Waals surface area contributed by atoms with E-state index in [1.54, 1.807) is 45.0 Å². The highest BCUT2D eigenvalue weighted by molar-refractivity contribution is 6.34. The van der Waals surface area contributed by atoms with E-state index in [1.165, 1.54) is 21.9 Å². The zero-order valence-electron chi connectivity index (χ0n) is 21.7. The topological polar surface area (TPSA) is 114 Å². The molecular formula is C26H30ClF3N4O5. The number of amides is 4. The molecule has 0 spiro atoms. The van der Waals surface area contributed by atoms with Gasteiger partial charge in [-0.3, -0.25) is 9.59 Å². The fourth-order valence-corrected chi connectivity index (χ4v) is 4.01. The van der Waals surface area contributed by atoms with Crippen molar-refractivity contribution in [3.8, 4) is 5.75 Å². The van der Waals surface area contributed by atoms with E-state index in [9.17, 15) is 27.6 Å². The number of carbonyl (C=O) groups is 3. The van der Waals surface area contributed by atoms with Crippen molar-refractivity contribution in [2.75, 3.05) is 31.2 Å². The van der Waals surface area contributed by atoms with Gasteiger partial charge in [0, 0.05) is 25.3 Å². The predicted molar refractivity (Wildman–Crippen MR) is 139 cm³/mol. The molecule has 0 fully saturated rings. The van der Waals surface area contributed by atoms with Crippen molar-refractivity contribution in [3.63, 3.8) is 0 Å². The standard InChI is InChI=1S/C26H30ClF3N4O5/c1-25(2,3)39-14-20(22(31)35)32-24(37)33-10-11-34(21-7-5-4-6-16(21)13-33)23(36)18-9-8-17(12-19(18)27)38-15-26(28,29)30/h4-9,12,20H,10-11,13-15H2,1-3H3,(H2,31,35)(H,32,37)/t20-/m0/s1. The zero-order valence-corrected chi connectivity index (χ0v) is 22.4. The molecule has 13 heteroatoms. The van der Waals surface area contributed by atoms with Crippen molar-refractivity contribution in [1.29, 1.82) is 0 Å². The number of hydrogen-bond donors (Lipinski definition) is 2. The number of para-hydroxylation sites is 1. The summed E-state index contributed by atoms with van der Waals surface area (Å²) in [6.45, 7) is 4.12. The summed E-state index contributed by atoms with van der Waals surface area (Å²) < 4.78 is 47.7. The van der Waals surface area contributed by atoms with Crippen LogP contribution in [0.2, 0.25) is 5.02 Å². The predicted octanol–water partition coefficient (Wildman–Crippen LogP) is 4.12. The van der Waals surface area contributed by atoms with E-state index in [0.717, 1.165) is 6.07 Å². The molecule has 212 valence electrons. The Morgan fingerprint density at radius 3 is 2.41 bits per heavy atom. The first-order valence-electron chi connectivity index (χ1n) is 12.0. The number of benzene rings is 2. The molecule has 3 rings (SSSR count). The van der Waals surface area contributed by atoms with Crippen molar-refractivity contribution in [1.82, 2.24) is 10.2 Å². The van der Waals surface area contributed by atoms with E-state index < -0.39 is 42.3 Å². The van der Waals surface area contributed by atoms with Gasteiger partial charge in [0.25, 0.3) is 5.91 Å². The summed E-state index contributed by atoms with van der Waals surface area (Å²) in [6.07, 6.45) is -4.52. The first-order chi connectivity index (χ1) is 18.1. The maximum Gasteiger partial charge on any atom is 0.422 e. The van der Waals surface area contributed by atoms with Crippen LogP contribution in [0.5, 0.6) is 5.75 Å². The molecule has 2 aromatic carbocycles. The van der Waals surface area contributed by atoms with Gasteiger partial charge in [0.2, 0.25) is 5.91 Å². The zero-order chi connectivity index (χ0) is 29.0. The van der Waals surface area contributed by atoms with Crippen molar-refractivity contribution in [2.45, 2.75) is 45.1 Å². The molecule has 0 aromatic heterocycles. The van der Waals surface area contributed by atoms with Gasteiger partial charge in [0.1, 0.15) is 11.8 Å². The molecule has 39 heavy (non-hydrogen) atoms. The molecule has 9 nitrogen and oxygen atoms in total. The number of ether oxygens (including phenoxy) is 2. The number of halogens is 4. The summed E-state index contributed by atoms with van der Waals surface area (Å²) in [4.78, 5) is 41.4. The highest BCUT2D eigenvalue weighted by Crippen LogP contribution is 2.30. The Morgan fingerprint density at radius 1 is 1.10 bits per heavy atom. The maximum absolute atomic E-state index is 13.5. The molecule has 0 unspecified atom stereocenters. The van der Waals surface area contributed by atoms with Gasteiger partial charge in [0.05, 0.1) is 22.8 Å². The Hall–Kier alpha value is -3.51. The number of rotatable bonds is 7. The third-order valence-electron chi connectivity index (χ3n) is 5.67. The van der Waals surface area contributed by atoms with Crippen LogP contribution in [0.15, 0.2) is 42.5 Å². The molecule has 0 saturated carbocycles. The van der Waals surface area contributed by atoms with Crippen LogP contribution in [0.4, 0.5) is 23.7 Å². The van der Waals surface area contributed by atoms with E-state index in [-0.39, 0.29) is 42.6 Å². The lowest BCUT2D eigenvalue weighted by atomic mass is 10.1. The van der Waals surface area contributed by atoms with Crippen LogP contribution in [-0.4, -0.2) is 66.9 Å². The average molecular weight is 571 g/mol. The van der Waals surface area contributed by atoms with Crippen LogP contribution >= 0.6 is 11.6 Å². The number of nitrogens with two attached hydrogens (primary N) is 1. The molecule has 1 aliphatic rings. The molecule has 0 aliphatic carbocycles. The molecule has 2 aromatic rings. The minimum absolute atomic E-state index is 0.0526. The fraction of sp³-hybridized carbons (Fsp3) is 0.423. The summed E-state index contributed by atoms with van der Waals surface area (Å²) in [7, 11) is 0. The summed E-state index contributed by atoms with van der Waals surface area (Å²) >= 11 is 6.25. The Kier molecular flexibility index (Phi) is 9.34. The molecule has 1 aliphatic heterocycles. The number of nitrogens with zero attached hydrogens (tertiary/aromatic N) is 2. The van der Waals surface area contributed by atoms with E-state index >= 15 is 0 Å². The Morgan fingerprint density at radius 2 is 1.79 bits per heavy atom. The second kappa shape index (κ2) is 12.1. The number of carbonyl (C=O) groups excluding carboxylic acids is 3. The second-order valence-corrected chi connectivity index (χ2v) is 10.3. The molecule has 3 N–H and O–H groups in total. The highest BCUT2D eigenvalue weighted by atomic mass is 35.5. The van der Waals surface area contributed by atoms with E-state index in [2.05, 4.69) is 5.32 Å². The number of alkyl halides is 3. The molecule has 1 atom stereocenters.